The van der Waals surface area contributed by atoms with Crippen LogP contribution in [0, 0.1) is 0 Å². The van der Waals surface area contributed by atoms with E-state index in [9.17, 15) is 4.79 Å². The van der Waals surface area contributed by atoms with E-state index in [1.165, 1.54) is 0 Å². The standard InChI is InChI=1S/C14H21N3OS2/c1-4-20-11-7-5-6-10(13(11)14(16)19)17(9(2)3)8-12(15)18/h5-7,9H,4,8H2,1-3H3,(H2,15,18)(H2,16,19). The largest absolute Gasteiger partial charge is 0.389 e. The topological polar surface area (TPSA) is 72.3 Å². The molecule has 0 fully saturated rings. The molecular formula is C14H21N3OS2. The molecule has 1 rings (SSSR count). The highest BCUT2D eigenvalue weighted by Crippen LogP contribution is 2.31. The summed E-state index contributed by atoms with van der Waals surface area (Å²) >= 11 is 6.87. The number of primary amides is 1. The van der Waals surface area contributed by atoms with Gasteiger partial charge in [0.15, 0.2) is 0 Å². The number of benzene rings is 1. The Labute approximate surface area is 129 Å². The molecule has 6 heteroatoms. The Morgan fingerprint density at radius 1 is 1.40 bits per heavy atom. The van der Waals surface area contributed by atoms with E-state index in [1.54, 1.807) is 11.8 Å². The number of rotatable bonds is 7. The average molecular weight is 311 g/mol. The highest BCUT2D eigenvalue weighted by atomic mass is 32.2. The smallest absolute Gasteiger partial charge is 0.236 e. The van der Waals surface area contributed by atoms with Gasteiger partial charge in [0.25, 0.3) is 0 Å². The molecule has 1 aromatic rings. The lowest BCUT2D eigenvalue weighted by atomic mass is 10.1. The van der Waals surface area contributed by atoms with E-state index in [1.807, 2.05) is 36.9 Å². The van der Waals surface area contributed by atoms with Gasteiger partial charge < -0.3 is 16.4 Å². The summed E-state index contributed by atoms with van der Waals surface area (Å²) in [7, 11) is 0. The molecule has 0 atom stereocenters. The van der Waals surface area contributed by atoms with Gasteiger partial charge in [-0.15, -0.1) is 11.8 Å². The van der Waals surface area contributed by atoms with Gasteiger partial charge in [0, 0.05) is 22.2 Å². The third-order valence-electron chi connectivity index (χ3n) is 2.81. The number of anilines is 1. The first-order valence-corrected chi connectivity index (χ1v) is 7.88. The van der Waals surface area contributed by atoms with Crippen molar-refractivity contribution in [3.05, 3.63) is 23.8 Å². The monoisotopic (exact) mass is 311 g/mol. The minimum absolute atomic E-state index is 0.123. The first kappa shape index (κ1) is 16.8. The summed E-state index contributed by atoms with van der Waals surface area (Å²) in [6, 6.07) is 6.00. The molecule has 4 nitrogen and oxygen atoms in total. The highest BCUT2D eigenvalue weighted by Gasteiger charge is 2.20. The van der Waals surface area contributed by atoms with Gasteiger partial charge in [0.2, 0.25) is 5.91 Å². The number of thioether (sulfide) groups is 1. The van der Waals surface area contributed by atoms with Crippen LogP contribution in [0.25, 0.3) is 0 Å². The number of carbonyl (C=O) groups excluding carboxylic acids is 1. The number of hydrogen-bond donors (Lipinski definition) is 2. The Balaban J connectivity index is 3.36. The highest BCUT2D eigenvalue weighted by molar-refractivity contribution is 7.99. The van der Waals surface area contributed by atoms with Crippen molar-refractivity contribution < 1.29 is 4.79 Å². The van der Waals surface area contributed by atoms with Crippen LogP contribution in [-0.2, 0) is 4.79 Å². The number of hydrogen-bond acceptors (Lipinski definition) is 4. The van der Waals surface area contributed by atoms with Gasteiger partial charge in [-0.05, 0) is 31.7 Å². The van der Waals surface area contributed by atoms with Crippen molar-refractivity contribution in [3.8, 4) is 0 Å². The Bertz CT molecular complexity index is 503. The van der Waals surface area contributed by atoms with E-state index < -0.39 is 0 Å². The van der Waals surface area contributed by atoms with Crippen LogP contribution < -0.4 is 16.4 Å². The minimum atomic E-state index is -0.374. The number of thiocarbonyl (C=S) groups is 1. The number of amides is 1. The maximum absolute atomic E-state index is 11.3. The van der Waals surface area contributed by atoms with E-state index in [-0.39, 0.29) is 18.5 Å². The van der Waals surface area contributed by atoms with E-state index >= 15 is 0 Å². The number of nitrogens with zero attached hydrogens (tertiary/aromatic N) is 1. The molecule has 4 N–H and O–H groups in total. The lowest BCUT2D eigenvalue weighted by Crippen LogP contribution is -2.39. The zero-order valence-corrected chi connectivity index (χ0v) is 13.7. The molecule has 0 radical (unpaired) electrons. The summed E-state index contributed by atoms with van der Waals surface area (Å²) < 4.78 is 0. The van der Waals surface area contributed by atoms with Crippen LogP contribution >= 0.6 is 24.0 Å². The maximum atomic E-state index is 11.3. The predicted molar refractivity (Wildman–Crippen MR) is 90.4 cm³/mol. The summed E-state index contributed by atoms with van der Waals surface area (Å²) in [5.74, 6) is 0.553. The van der Waals surface area contributed by atoms with E-state index in [0.717, 1.165) is 21.9 Å². The number of carbonyl (C=O) groups is 1. The van der Waals surface area contributed by atoms with Crippen LogP contribution in [0.4, 0.5) is 5.69 Å². The Kier molecular flexibility index (Phi) is 6.29. The summed E-state index contributed by atoms with van der Waals surface area (Å²) in [5.41, 5.74) is 12.9. The molecule has 1 aromatic carbocycles. The Morgan fingerprint density at radius 2 is 2.05 bits per heavy atom. The van der Waals surface area contributed by atoms with Crippen LogP contribution in [-0.4, -0.2) is 29.2 Å². The van der Waals surface area contributed by atoms with Gasteiger partial charge in [-0.1, -0.05) is 25.2 Å². The van der Waals surface area contributed by atoms with Gasteiger partial charge >= 0.3 is 0 Å². The molecule has 0 aliphatic heterocycles. The van der Waals surface area contributed by atoms with Crippen molar-refractivity contribution >= 4 is 40.6 Å². The molecule has 0 saturated carbocycles. The van der Waals surface area contributed by atoms with E-state index in [2.05, 4.69) is 6.92 Å². The van der Waals surface area contributed by atoms with E-state index in [4.69, 9.17) is 23.7 Å². The lowest BCUT2D eigenvalue weighted by molar-refractivity contribution is -0.116. The molecule has 1 amide bonds. The Hall–Kier alpha value is -1.27. The second-order valence-corrected chi connectivity index (χ2v) is 6.38. The molecule has 0 unspecified atom stereocenters. The Morgan fingerprint density at radius 3 is 2.50 bits per heavy atom. The average Bonchev–Trinajstić information content (AvgIpc) is 2.35. The van der Waals surface area contributed by atoms with Gasteiger partial charge in [-0.2, -0.15) is 0 Å². The van der Waals surface area contributed by atoms with Crippen molar-refractivity contribution in [1.29, 1.82) is 0 Å². The zero-order valence-electron chi connectivity index (χ0n) is 12.1. The first-order valence-electron chi connectivity index (χ1n) is 6.49. The maximum Gasteiger partial charge on any atom is 0.236 e. The fourth-order valence-corrected chi connectivity index (χ4v) is 3.12. The summed E-state index contributed by atoms with van der Waals surface area (Å²) in [5, 5.41) is 0. The second-order valence-electron chi connectivity index (χ2n) is 4.64. The first-order chi connectivity index (χ1) is 9.38. The second kappa shape index (κ2) is 7.50. The van der Waals surface area contributed by atoms with Crippen LogP contribution in [0.15, 0.2) is 23.1 Å². The third kappa shape index (κ3) is 4.11. The molecular weight excluding hydrogens is 290 g/mol. The fourth-order valence-electron chi connectivity index (χ4n) is 2.00. The molecule has 0 bridgehead atoms. The zero-order chi connectivity index (χ0) is 15.3. The van der Waals surface area contributed by atoms with Crippen molar-refractivity contribution in [2.75, 3.05) is 17.2 Å². The van der Waals surface area contributed by atoms with Gasteiger partial charge in [-0.3, -0.25) is 4.79 Å². The van der Waals surface area contributed by atoms with Crippen molar-refractivity contribution in [2.45, 2.75) is 31.7 Å². The molecule has 0 aliphatic rings. The molecule has 0 spiro atoms. The van der Waals surface area contributed by atoms with Crippen LogP contribution in [0.5, 0.6) is 0 Å². The summed E-state index contributed by atoms with van der Waals surface area (Å²) in [6.07, 6.45) is 0. The van der Waals surface area contributed by atoms with E-state index in [0.29, 0.717) is 4.99 Å². The van der Waals surface area contributed by atoms with Gasteiger partial charge in [0.05, 0.1) is 6.54 Å². The quantitative estimate of drug-likeness (QED) is 0.596. The minimum Gasteiger partial charge on any atom is -0.389 e. The van der Waals surface area contributed by atoms with Crippen molar-refractivity contribution in [3.63, 3.8) is 0 Å². The molecule has 0 aliphatic carbocycles. The van der Waals surface area contributed by atoms with Crippen molar-refractivity contribution in [2.24, 2.45) is 11.5 Å². The predicted octanol–water partition coefficient (Wildman–Crippen LogP) is 2.13. The third-order valence-corrected chi connectivity index (χ3v) is 3.95. The fraction of sp³-hybridized carbons (Fsp3) is 0.429. The van der Waals surface area contributed by atoms with Gasteiger partial charge in [-0.25, -0.2) is 0 Å². The summed E-state index contributed by atoms with van der Waals surface area (Å²) in [6.45, 7) is 6.23. The lowest BCUT2D eigenvalue weighted by Gasteiger charge is -2.30. The van der Waals surface area contributed by atoms with Crippen LogP contribution in [0.2, 0.25) is 0 Å². The van der Waals surface area contributed by atoms with Crippen molar-refractivity contribution in [1.82, 2.24) is 0 Å². The van der Waals surface area contributed by atoms with Crippen LogP contribution in [0.3, 0.4) is 0 Å². The van der Waals surface area contributed by atoms with Crippen LogP contribution in [0.1, 0.15) is 26.3 Å². The molecule has 0 aromatic heterocycles. The number of nitrogens with two attached hydrogens (primary N) is 2. The normalized spacial score (nSPS) is 10.6. The molecule has 110 valence electrons. The molecule has 0 heterocycles. The molecule has 20 heavy (non-hydrogen) atoms. The summed E-state index contributed by atoms with van der Waals surface area (Å²) in [4.78, 5) is 14.6. The van der Waals surface area contributed by atoms with Gasteiger partial charge in [0.1, 0.15) is 4.99 Å². The molecule has 0 saturated heterocycles. The SMILES string of the molecule is CCSc1cccc(N(CC(N)=O)C(C)C)c1C(N)=S.